The van der Waals surface area contributed by atoms with Crippen molar-refractivity contribution in [1.82, 2.24) is 0 Å². The third-order valence-electron chi connectivity index (χ3n) is 4.30. The van der Waals surface area contributed by atoms with Crippen molar-refractivity contribution in [3.8, 4) is 17.2 Å². The molecule has 0 N–H and O–H groups in total. The Morgan fingerprint density at radius 2 is 1.88 bits per heavy atom. The molecule has 2 aliphatic rings. The maximum absolute atomic E-state index is 12.7. The SMILES string of the molecule is COc1cc(/C=C2\CS(=O)(=O)c3ccccc3C2=O)cc2c1OCCO2. The summed E-state index contributed by atoms with van der Waals surface area (Å²) in [6.45, 7) is 0.841. The Morgan fingerprint density at radius 1 is 1.12 bits per heavy atom. The van der Waals surface area contributed by atoms with E-state index >= 15 is 0 Å². The van der Waals surface area contributed by atoms with Crippen LogP contribution in [0, 0.1) is 0 Å². The zero-order chi connectivity index (χ0) is 18.3. The minimum absolute atomic E-state index is 0.0851. The van der Waals surface area contributed by atoms with Gasteiger partial charge < -0.3 is 14.2 Å². The number of ether oxygens (including phenoxy) is 3. The second kappa shape index (κ2) is 6.17. The molecule has 0 saturated heterocycles. The van der Waals surface area contributed by atoms with Gasteiger partial charge in [0.1, 0.15) is 13.2 Å². The number of Topliss-reactive ketones (excluding diaryl/α,β-unsaturated/α-hetero) is 1. The third kappa shape index (κ3) is 2.74. The van der Waals surface area contributed by atoms with Gasteiger partial charge in [-0.05, 0) is 35.9 Å². The summed E-state index contributed by atoms with van der Waals surface area (Å²) in [5.74, 6) is 0.868. The molecule has 2 aromatic carbocycles. The summed E-state index contributed by atoms with van der Waals surface area (Å²) >= 11 is 0. The lowest BCUT2D eigenvalue weighted by Crippen LogP contribution is -2.24. The minimum Gasteiger partial charge on any atom is -0.493 e. The van der Waals surface area contributed by atoms with E-state index in [2.05, 4.69) is 0 Å². The topological polar surface area (TPSA) is 78.9 Å². The number of carbonyl (C=O) groups excluding carboxylic acids is 1. The summed E-state index contributed by atoms with van der Waals surface area (Å²) in [4.78, 5) is 12.8. The van der Waals surface area contributed by atoms with Crippen molar-refractivity contribution in [3.63, 3.8) is 0 Å². The highest BCUT2D eigenvalue weighted by atomic mass is 32.2. The van der Waals surface area contributed by atoms with Crippen LogP contribution in [0.25, 0.3) is 6.08 Å². The van der Waals surface area contributed by atoms with Gasteiger partial charge in [0.25, 0.3) is 0 Å². The first-order valence-corrected chi connectivity index (χ1v) is 9.69. The van der Waals surface area contributed by atoms with Crippen molar-refractivity contribution >= 4 is 21.7 Å². The van der Waals surface area contributed by atoms with Gasteiger partial charge in [0.05, 0.1) is 17.8 Å². The largest absolute Gasteiger partial charge is 0.493 e. The van der Waals surface area contributed by atoms with Crippen LogP contribution in [-0.4, -0.2) is 40.3 Å². The number of rotatable bonds is 2. The minimum atomic E-state index is -3.55. The Bertz CT molecular complexity index is 1020. The average Bonchev–Trinajstić information content (AvgIpc) is 2.65. The Hall–Kier alpha value is -2.80. The van der Waals surface area contributed by atoms with Crippen LogP contribution in [0.4, 0.5) is 0 Å². The molecule has 0 fully saturated rings. The highest BCUT2D eigenvalue weighted by molar-refractivity contribution is 7.91. The lowest BCUT2D eigenvalue weighted by Gasteiger charge is -2.21. The lowest BCUT2D eigenvalue weighted by molar-refractivity contribution is 0.103. The molecular formula is C19H16O6S. The van der Waals surface area contributed by atoms with Crippen molar-refractivity contribution in [1.29, 1.82) is 0 Å². The van der Waals surface area contributed by atoms with E-state index < -0.39 is 9.84 Å². The third-order valence-corrected chi connectivity index (χ3v) is 6.01. The van der Waals surface area contributed by atoms with Gasteiger partial charge in [0.2, 0.25) is 5.75 Å². The monoisotopic (exact) mass is 372 g/mol. The molecule has 7 heteroatoms. The zero-order valence-corrected chi connectivity index (χ0v) is 14.8. The summed E-state index contributed by atoms with van der Waals surface area (Å²) in [5, 5.41) is 0. The predicted molar refractivity (Wildman–Crippen MR) is 94.8 cm³/mol. The molecule has 2 aliphatic heterocycles. The molecule has 134 valence electrons. The number of hydrogen-bond acceptors (Lipinski definition) is 6. The Labute approximate surface area is 150 Å². The molecule has 0 aliphatic carbocycles. The summed E-state index contributed by atoms with van der Waals surface area (Å²) in [6.07, 6.45) is 1.57. The van der Waals surface area contributed by atoms with Crippen LogP contribution in [0.2, 0.25) is 0 Å². The molecule has 2 aromatic rings. The van der Waals surface area contributed by atoms with Gasteiger partial charge in [-0.3, -0.25) is 4.79 Å². The molecule has 0 bridgehead atoms. The van der Waals surface area contributed by atoms with E-state index in [0.29, 0.717) is 36.0 Å². The summed E-state index contributed by atoms with van der Waals surface area (Å²) in [5.41, 5.74) is 1.03. The molecule has 0 spiro atoms. The van der Waals surface area contributed by atoms with Crippen LogP contribution < -0.4 is 14.2 Å². The fourth-order valence-electron chi connectivity index (χ4n) is 3.13. The van der Waals surface area contributed by atoms with Crippen LogP contribution >= 0.6 is 0 Å². The molecule has 0 saturated carbocycles. The number of sulfone groups is 1. The van der Waals surface area contributed by atoms with Gasteiger partial charge >= 0.3 is 0 Å². The van der Waals surface area contributed by atoms with Crippen LogP contribution in [-0.2, 0) is 9.84 Å². The number of benzene rings is 2. The molecule has 0 amide bonds. The van der Waals surface area contributed by atoms with Gasteiger partial charge in [-0.1, -0.05) is 12.1 Å². The smallest absolute Gasteiger partial charge is 0.203 e. The number of ketones is 1. The standard InChI is InChI=1S/C19H16O6S/c1-23-15-9-12(10-16-19(15)25-7-6-24-16)8-13-11-26(21,22)17-5-3-2-4-14(17)18(13)20/h2-5,8-10H,6-7,11H2,1H3/b13-8+. The highest BCUT2D eigenvalue weighted by Crippen LogP contribution is 2.41. The van der Waals surface area contributed by atoms with Crippen molar-refractivity contribution < 1.29 is 27.4 Å². The number of methoxy groups -OCH3 is 1. The van der Waals surface area contributed by atoms with Crippen molar-refractivity contribution in [2.45, 2.75) is 4.90 Å². The van der Waals surface area contributed by atoms with E-state index in [4.69, 9.17) is 14.2 Å². The molecule has 2 heterocycles. The summed E-state index contributed by atoms with van der Waals surface area (Å²) in [7, 11) is -2.04. The van der Waals surface area contributed by atoms with Crippen molar-refractivity contribution in [2.24, 2.45) is 0 Å². The first-order chi connectivity index (χ1) is 12.5. The normalized spacial score (nSPS) is 19.1. The highest BCUT2D eigenvalue weighted by Gasteiger charge is 2.32. The number of hydrogen-bond donors (Lipinski definition) is 0. The molecule has 0 unspecified atom stereocenters. The van der Waals surface area contributed by atoms with E-state index in [1.165, 1.54) is 19.2 Å². The van der Waals surface area contributed by atoms with Gasteiger partial charge in [-0.2, -0.15) is 0 Å². The number of fused-ring (bicyclic) bond motifs is 2. The Balaban J connectivity index is 1.81. The van der Waals surface area contributed by atoms with E-state index in [-0.39, 0.29) is 27.6 Å². The van der Waals surface area contributed by atoms with Crippen LogP contribution in [0.3, 0.4) is 0 Å². The van der Waals surface area contributed by atoms with Crippen LogP contribution in [0.5, 0.6) is 17.2 Å². The Kier molecular flexibility index (Phi) is 3.96. The molecule has 0 atom stereocenters. The summed E-state index contributed by atoms with van der Waals surface area (Å²) < 4.78 is 41.5. The van der Waals surface area contributed by atoms with Gasteiger partial charge in [-0.15, -0.1) is 0 Å². The molecule has 6 nitrogen and oxygen atoms in total. The zero-order valence-electron chi connectivity index (χ0n) is 14.0. The van der Waals surface area contributed by atoms with E-state index in [9.17, 15) is 13.2 Å². The second-order valence-electron chi connectivity index (χ2n) is 6.00. The van der Waals surface area contributed by atoms with Crippen molar-refractivity contribution in [2.75, 3.05) is 26.1 Å². The second-order valence-corrected chi connectivity index (χ2v) is 7.96. The van der Waals surface area contributed by atoms with Crippen LogP contribution in [0.1, 0.15) is 15.9 Å². The van der Waals surface area contributed by atoms with Gasteiger partial charge in [0, 0.05) is 11.1 Å². The molecule has 4 rings (SSSR count). The quantitative estimate of drug-likeness (QED) is 0.754. The fourth-order valence-corrected chi connectivity index (χ4v) is 4.69. The predicted octanol–water partition coefficient (Wildman–Crippen LogP) is 2.52. The number of carbonyl (C=O) groups is 1. The molecular weight excluding hydrogens is 356 g/mol. The first kappa shape index (κ1) is 16.7. The van der Waals surface area contributed by atoms with E-state index in [1.54, 1.807) is 30.3 Å². The molecule has 0 radical (unpaired) electrons. The average molecular weight is 372 g/mol. The van der Waals surface area contributed by atoms with Crippen molar-refractivity contribution in [3.05, 3.63) is 53.1 Å². The fraction of sp³-hybridized carbons (Fsp3) is 0.211. The molecule has 0 aromatic heterocycles. The first-order valence-electron chi connectivity index (χ1n) is 8.04. The van der Waals surface area contributed by atoms with E-state index in [1.807, 2.05) is 0 Å². The van der Waals surface area contributed by atoms with Crippen LogP contribution in [0.15, 0.2) is 46.9 Å². The molecule has 26 heavy (non-hydrogen) atoms. The van der Waals surface area contributed by atoms with Gasteiger partial charge in [-0.25, -0.2) is 8.42 Å². The Morgan fingerprint density at radius 3 is 2.69 bits per heavy atom. The maximum Gasteiger partial charge on any atom is 0.203 e. The van der Waals surface area contributed by atoms with Gasteiger partial charge in [0.15, 0.2) is 27.1 Å². The van der Waals surface area contributed by atoms with E-state index in [0.717, 1.165) is 0 Å². The maximum atomic E-state index is 12.7. The lowest BCUT2D eigenvalue weighted by atomic mass is 10.0. The summed E-state index contributed by atoms with van der Waals surface area (Å²) in [6, 6.07) is 9.68.